The Morgan fingerprint density at radius 3 is 2.55 bits per heavy atom. The van der Waals surface area contributed by atoms with Crippen molar-refractivity contribution >= 4 is 21.9 Å². The maximum Gasteiger partial charge on any atom is 0.325 e. The number of rotatable bonds is 5. The van der Waals surface area contributed by atoms with E-state index in [-0.39, 0.29) is 19.1 Å². The summed E-state index contributed by atoms with van der Waals surface area (Å²) in [5.74, 6) is -0.853. The molecule has 1 saturated heterocycles. The second-order valence-electron chi connectivity index (χ2n) is 4.88. The summed E-state index contributed by atoms with van der Waals surface area (Å²) >= 11 is 0. The topological polar surface area (TPSA) is 84.0 Å². The van der Waals surface area contributed by atoms with E-state index >= 15 is 0 Å². The van der Waals surface area contributed by atoms with Gasteiger partial charge in [-0.25, -0.2) is 8.42 Å². The van der Waals surface area contributed by atoms with Crippen LogP contribution in [0.5, 0.6) is 0 Å². The zero-order valence-corrected chi connectivity index (χ0v) is 13.0. The minimum absolute atomic E-state index is 0.166. The number of esters is 1. The van der Waals surface area contributed by atoms with Crippen LogP contribution in [-0.2, 0) is 24.3 Å². The van der Waals surface area contributed by atoms with E-state index in [1.807, 2.05) is 0 Å². The predicted molar refractivity (Wildman–Crippen MR) is 73.5 cm³/mol. The molecule has 0 N–H and O–H groups in total. The van der Waals surface area contributed by atoms with Gasteiger partial charge in [-0.15, -0.1) is 0 Å². The van der Waals surface area contributed by atoms with E-state index in [1.54, 1.807) is 6.92 Å². The second-order valence-corrected chi connectivity index (χ2v) is 6.82. The van der Waals surface area contributed by atoms with E-state index in [4.69, 9.17) is 4.74 Å². The fourth-order valence-electron chi connectivity index (χ4n) is 2.28. The zero-order chi connectivity index (χ0) is 15.3. The Bertz CT molecular complexity index is 462. The Hall–Kier alpha value is -1.15. The number of hydrogen-bond donors (Lipinski definition) is 0. The molecule has 0 aliphatic carbocycles. The Morgan fingerprint density at radius 1 is 1.35 bits per heavy atom. The van der Waals surface area contributed by atoms with Crippen molar-refractivity contribution in [3.05, 3.63) is 0 Å². The van der Waals surface area contributed by atoms with Gasteiger partial charge >= 0.3 is 5.97 Å². The molecule has 1 unspecified atom stereocenters. The lowest BCUT2D eigenvalue weighted by atomic mass is 10.0. The van der Waals surface area contributed by atoms with Gasteiger partial charge in [0, 0.05) is 13.6 Å². The van der Waals surface area contributed by atoms with Crippen molar-refractivity contribution in [2.24, 2.45) is 0 Å². The first-order valence-corrected chi connectivity index (χ1v) is 8.49. The Balaban J connectivity index is 2.75. The largest absolute Gasteiger partial charge is 0.465 e. The van der Waals surface area contributed by atoms with Gasteiger partial charge in [0.05, 0.1) is 12.9 Å². The van der Waals surface area contributed by atoms with Crippen molar-refractivity contribution in [2.75, 3.05) is 33.0 Å². The third kappa shape index (κ3) is 4.45. The molecule has 1 aliphatic rings. The molecular formula is C12H22N2O5S. The van der Waals surface area contributed by atoms with Gasteiger partial charge in [-0.05, 0) is 19.8 Å². The summed E-state index contributed by atoms with van der Waals surface area (Å²) in [7, 11) is -1.94. The lowest BCUT2D eigenvalue weighted by Crippen LogP contribution is -2.52. The van der Waals surface area contributed by atoms with Gasteiger partial charge in [0.1, 0.15) is 12.6 Å². The van der Waals surface area contributed by atoms with Crippen LogP contribution >= 0.6 is 0 Å². The smallest absolute Gasteiger partial charge is 0.325 e. The number of hydrogen-bond acceptors (Lipinski definition) is 5. The average molecular weight is 306 g/mol. The van der Waals surface area contributed by atoms with Gasteiger partial charge in [0.25, 0.3) is 0 Å². The first-order valence-electron chi connectivity index (χ1n) is 6.64. The van der Waals surface area contributed by atoms with Crippen LogP contribution < -0.4 is 0 Å². The molecule has 1 aliphatic heterocycles. The van der Waals surface area contributed by atoms with E-state index in [0.717, 1.165) is 19.1 Å². The van der Waals surface area contributed by atoms with Crippen LogP contribution in [0.4, 0.5) is 0 Å². The summed E-state index contributed by atoms with van der Waals surface area (Å²) in [6.07, 6.45) is 3.14. The highest BCUT2D eigenvalue weighted by Gasteiger charge is 2.36. The molecule has 0 aromatic heterocycles. The number of carbonyl (C=O) groups is 2. The third-order valence-corrected chi connectivity index (χ3v) is 4.50. The summed E-state index contributed by atoms with van der Waals surface area (Å²) in [6, 6.07) is -0.710. The molecule has 0 bridgehead atoms. The fraction of sp³-hybridized carbons (Fsp3) is 0.833. The first-order chi connectivity index (χ1) is 9.27. The first kappa shape index (κ1) is 16.9. The number of ether oxygens (including phenoxy) is 1. The van der Waals surface area contributed by atoms with Crippen molar-refractivity contribution in [3.63, 3.8) is 0 Å². The van der Waals surface area contributed by atoms with Crippen LogP contribution in [0.3, 0.4) is 0 Å². The third-order valence-electron chi connectivity index (χ3n) is 3.21. The molecule has 1 amide bonds. The maximum absolute atomic E-state index is 12.3. The number of amides is 1. The van der Waals surface area contributed by atoms with E-state index in [0.29, 0.717) is 13.0 Å². The molecule has 8 heteroatoms. The molecule has 0 aromatic rings. The van der Waals surface area contributed by atoms with E-state index in [1.165, 1.54) is 16.3 Å². The van der Waals surface area contributed by atoms with Crippen molar-refractivity contribution in [2.45, 2.75) is 32.2 Å². The highest BCUT2D eigenvalue weighted by Crippen LogP contribution is 2.21. The summed E-state index contributed by atoms with van der Waals surface area (Å²) in [5.41, 5.74) is 0. The fourth-order valence-corrected chi connectivity index (χ4v) is 3.40. The van der Waals surface area contributed by atoms with Gasteiger partial charge in [-0.1, -0.05) is 6.42 Å². The number of carbonyl (C=O) groups excluding carboxylic acids is 2. The van der Waals surface area contributed by atoms with Gasteiger partial charge < -0.3 is 9.64 Å². The van der Waals surface area contributed by atoms with E-state index in [9.17, 15) is 18.0 Å². The van der Waals surface area contributed by atoms with Gasteiger partial charge in [-0.2, -0.15) is 4.31 Å². The molecule has 0 aromatic carbocycles. The van der Waals surface area contributed by atoms with Crippen molar-refractivity contribution in [1.82, 2.24) is 9.21 Å². The summed E-state index contributed by atoms with van der Waals surface area (Å²) in [4.78, 5) is 24.9. The summed E-state index contributed by atoms with van der Waals surface area (Å²) in [6.45, 7) is 2.12. The minimum Gasteiger partial charge on any atom is -0.465 e. The Labute approximate surface area is 119 Å². The van der Waals surface area contributed by atoms with Gasteiger partial charge in [0.15, 0.2) is 0 Å². The lowest BCUT2D eigenvalue weighted by molar-refractivity contribution is -0.149. The van der Waals surface area contributed by atoms with Gasteiger partial charge in [0.2, 0.25) is 15.9 Å². The summed E-state index contributed by atoms with van der Waals surface area (Å²) in [5, 5.41) is 0. The van der Waals surface area contributed by atoms with Crippen LogP contribution in [0.25, 0.3) is 0 Å². The van der Waals surface area contributed by atoms with Crippen LogP contribution in [0.2, 0.25) is 0 Å². The number of piperidine rings is 1. The minimum atomic E-state index is -3.42. The molecule has 116 valence electrons. The van der Waals surface area contributed by atoms with Crippen molar-refractivity contribution < 1.29 is 22.7 Å². The predicted octanol–water partition coefficient (Wildman–Crippen LogP) is -0.178. The standard InChI is InChI=1S/C12H22N2O5S/c1-4-19-11(15)9-13(2)12(16)10-7-5-6-8-14(10)20(3,17)18/h10H,4-9H2,1-3H3. The molecule has 0 saturated carbocycles. The Morgan fingerprint density at radius 2 is 2.00 bits per heavy atom. The molecule has 1 atom stereocenters. The number of sulfonamides is 1. The monoisotopic (exact) mass is 306 g/mol. The highest BCUT2D eigenvalue weighted by atomic mass is 32.2. The molecule has 1 heterocycles. The van der Waals surface area contributed by atoms with Gasteiger partial charge in [-0.3, -0.25) is 9.59 Å². The van der Waals surface area contributed by atoms with Crippen LogP contribution in [0.15, 0.2) is 0 Å². The van der Waals surface area contributed by atoms with Crippen molar-refractivity contribution in [3.8, 4) is 0 Å². The second kappa shape index (κ2) is 7.03. The molecule has 7 nitrogen and oxygen atoms in total. The van der Waals surface area contributed by atoms with Crippen LogP contribution in [-0.4, -0.2) is 68.5 Å². The Kier molecular flexibility index (Phi) is 5.94. The van der Waals surface area contributed by atoms with E-state index in [2.05, 4.69) is 0 Å². The number of likely N-dealkylation sites (N-methyl/N-ethyl adjacent to an activating group) is 1. The van der Waals surface area contributed by atoms with Crippen molar-refractivity contribution in [1.29, 1.82) is 0 Å². The SMILES string of the molecule is CCOC(=O)CN(C)C(=O)C1CCCCN1S(C)(=O)=O. The average Bonchev–Trinajstić information content (AvgIpc) is 2.37. The molecular weight excluding hydrogens is 284 g/mol. The molecule has 1 fully saturated rings. The normalized spacial score (nSPS) is 20.4. The zero-order valence-electron chi connectivity index (χ0n) is 12.2. The van der Waals surface area contributed by atoms with Crippen LogP contribution in [0.1, 0.15) is 26.2 Å². The maximum atomic E-state index is 12.3. The summed E-state index contributed by atoms with van der Waals surface area (Å²) < 4.78 is 29.4. The molecule has 20 heavy (non-hydrogen) atoms. The number of nitrogens with zero attached hydrogens (tertiary/aromatic N) is 2. The molecule has 1 rings (SSSR count). The quantitative estimate of drug-likeness (QED) is 0.658. The molecule has 0 radical (unpaired) electrons. The lowest BCUT2D eigenvalue weighted by Gasteiger charge is -2.34. The van der Waals surface area contributed by atoms with Crippen LogP contribution in [0, 0.1) is 0 Å². The highest BCUT2D eigenvalue weighted by molar-refractivity contribution is 7.88. The molecule has 0 spiro atoms. The van der Waals surface area contributed by atoms with E-state index < -0.39 is 22.0 Å².